The van der Waals surface area contributed by atoms with Crippen LogP contribution in [-0.2, 0) is 6.61 Å². The molecule has 3 rings (SSSR count). The lowest BCUT2D eigenvalue weighted by molar-refractivity contribution is -0.0497. The number of hydrogen-bond acceptors (Lipinski definition) is 5. The second-order valence-corrected chi connectivity index (χ2v) is 5.38. The molecule has 6 nitrogen and oxygen atoms in total. The number of nitrogens with zero attached hydrogens (tertiary/aromatic N) is 2. The van der Waals surface area contributed by atoms with Gasteiger partial charge < -0.3 is 14.8 Å². The number of alkyl halides is 2. The van der Waals surface area contributed by atoms with Gasteiger partial charge in [-0.2, -0.15) is 8.78 Å². The molecule has 0 radical (unpaired) electrons. The van der Waals surface area contributed by atoms with Crippen molar-refractivity contribution in [2.45, 2.75) is 13.2 Å². The number of halogens is 2. The number of benzene rings is 2. The van der Waals surface area contributed by atoms with Gasteiger partial charge in [-0.15, -0.1) is 0 Å². The van der Waals surface area contributed by atoms with E-state index in [4.69, 9.17) is 4.74 Å². The molecule has 8 heteroatoms. The number of amides is 1. The summed E-state index contributed by atoms with van der Waals surface area (Å²) in [5.74, 6) is -0.345. The van der Waals surface area contributed by atoms with Gasteiger partial charge in [0.1, 0.15) is 24.4 Å². The fourth-order valence-corrected chi connectivity index (χ4v) is 2.22. The predicted octanol–water partition coefficient (Wildman–Crippen LogP) is 3.91. The third kappa shape index (κ3) is 5.46. The molecule has 2 aromatic carbocycles. The maximum Gasteiger partial charge on any atom is 0.387 e. The summed E-state index contributed by atoms with van der Waals surface area (Å²) in [6, 6.07) is 16.6. The van der Waals surface area contributed by atoms with Gasteiger partial charge in [-0.05, 0) is 17.7 Å². The molecule has 1 amide bonds. The average Bonchev–Trinajstić information content (AvgIpc) is 2.67. The third-order valence-corrected chi connectivity index (χ3v) is 3.42. The number of carbonyl (C=O) groups excluding carboxylic acids is 1. The van der Waals surface area contributed by atoms with Gasteiger partial charge in [-0.1, -0.05) is 36.4 Å². The molecule has 0 aliphatic heterocycles. The van der Waals surface area contributed by atoms with Crippen LogP contribution in [-0.4, -0.2) is 22.5 Å². The van der Waals surface area contributed by atoms with Gasteiger partial charge in [0.2, 0.25) is 5.88 Å². The molecule has 0 aliphatic rings. The minimum absolute atomic E-state index is 0.0580. The summed E-state index contributed by atoms with van der Waals surface area (Å²) in [5, 5.41) is 2.56. The highest BCUT2D eigenvalue weighted by Gasteiger charge is 2.11. The topological polar surface area (TPSA) is 73.3 Å². The molecule has 27 heavy (non-hydrogen) atoms. The Morgan fingerprint density at radius 1 is 1.04 bits per heavy atom. The van der Waals surface area contributed by atoms with E-state index in [-0.39, 0.29) is 17.3 Å². The Balaban J connectivity index is 1.65. The summed E-state index contributed by atoms with van der Waals surface area (Å²) in [6.45, 7) is -2.64. The van der Waals surface area contributed by atoms with Crippen molar-refractivity contribution in [3.8, 4) is 11.6 Å². The van der Waals surface area contributed by atoms with Gasteiger partial charge >= 0.3 is 6.61 Å². The lowest BCUT2D eigenvalue weighted by Gasteiger charge is -2.09. The monoisotopic (exact) mass is 371 g/mol. The maximum absolute atomic E-state index is 12.3. The van der Waals surface area contributed by atoms with Crippen molar-refractivity contribution in [1.29, 1.82) is 0 Å². The van der Waals surface area contributed by atoms with Crippen molar-refractivity contribution < 1.29 is 23.0 Å². The van der Waals surface area contributed by atoms with Crippen LogP contribution >= 0.6 is 0 Å². The molecule has 0 bridgehead atoms. The highest BCUT2D eigenvalue weighted by molar-refractivity contribution is 6.03. The highest BCUT2D eigenvalue weighted by Crippen LogP contribution is 2.20. The van der Waals surface area contributed by atoms with Crippen LogP contribution in [0.15, 0.2) is 67.0 Å². The van der Waals surface area contributed by atoms with Crippen LogP contribution in [0.4, 0.5) is 14.5 Å². The van der Waals surface area contributed by atoms with Crippen LogP contribution in [0.2, 0.25) is 0 Å². The van der Waals surface area contributed by atoms with Gasteiger partial charge in [0.25, 0.3) is 5.91 Å². The Morgan fingerprint density at radius 3 is 2.63 bits per heavy atom. The second kappa shape index (κ2) is 8.70. The summed E-state index contributed by atoms with van der Waals surface area (Å²) in [7, 11) is 0. The zero-order chi connectivity index (χ0) is 19.1. The number of ether oxygens (including phenoxy) is 2. The minimum Gasteiger partial charge on any atom is -0.473 e. The predicted molar refractivity (Wildman–Crippen MR) is 93.8 cm³/mol. The molecule has 1 N–H and O–H groups in total. The average molecular weight is 371 g/mol. The van der Waals surface area contributed by atoms with Crippen LogP contribution in [0.3, 0.4) is 0 Å². The van der Waals surface area contributed by atoms with E-state index < -0.39 is 12.5 Å². The van der Waals surface area contributed by atoms with Crippen LogP contribution in [0, 0.1) is 0 Å². The van der Waals surface area contributed by atoms with Crippen molar-refractivity contribution in [1.82, 2.24) is 9.97 Å². The first-order valence-corrected chi connectivity index (χ1v) is 7.95. The first-order chi connectivity index (χ1) is 13.1. The molecule has 0 saturated heterocycles. The van der Waals surface area contributed by atoms with E-state index in [9.17, 15) is 13.6 Å². The summed E-state index contributed by atoms with van der Waals surface area (Å²) >= 11 is 0. The molecule has 0 aliphatic carbocycles. The molecule has 1 heterocycles. The minimum atomic E-state index is -2.94. The zero-order valence-corrected chi connectivity index (χ0v) is 14.0. The summed E-state index contributed by atoms with van der Waals surface area (Å²) in [4.78, 5) is 20.2. The first-order valence-electron chi connectivity index (χ1n) is 7.95. The fourth-order valence-electron chi connectivity index (χ4n) is 2.22. The van der Waals surface area contributed by atoms with Crippen LogP contribution in [0.1, 0.15) is 16.1 Å². The van der Waals surface area contributed by atoms with E-state index in [1.54, 1.807) is 6.07 Å². The molecule has 0 unspecified atom stereocenters. The molecular weight excluding hydrogens is 356 g/mol. The number of anilines is 1. The van der Waals surface area contributed by atoms with Crippen molar-refractivity contribution in [2.24, 2.45) is 0 Å². The maximum atomic E-state index is 12.3. The Bertz CT molecular complexity index is 907. The fraction of sp³-hybridized carbons (Fsp3) is 0.105. The standard InChI is InChI=1S/C19H15F2N3O3/c20-19(21)27-15-8-4-7-14(9-15)24-18(25)16-10-17(23-12-22-16)26-11-13-5-2-1-3-6-13/h1-10,12,19H,11H2,(H,24,25). The summed E-state index contributed by atoms with van der Waals surface area (Å²) in [6.07, 6.45) is 1.21. The molecule has 0 fully saturated rings. The van der Waals surface area contributed by atoms with Crippen molar-refractivity contribution in [3.63, 3.8) is 0 Å². The van der Waals surface area contributed by atoms with Gasteiger partial charge in [-0.3, -0.25) is 4.79 Å². The Hall–Kier alpha value is -3.55. The van der Waals surface area contributed by atoms with Gasteiger partial charge in [-0.25, -0.2) is 9.97 Å². The SMILES string of the molecule is O=C(Nc1cccc(OC(F)F)c1)c1cc(OCc2ccccc2)ncn1. The molecule has 0 saturated carbocycles. The van der Waals surface area contributed by atoms with Crippen LogP contribution in [0.25, 0.3) is 0 Å². The Morgan fingerprint density at radius 2 is 1.85 bits per heavy atom. The third-order valence-electron chi connectivity index (χ3n) is 3.42. The van der Waals surface area contributed by atoms with E-state index in [2.05, 4.69) is 20.0 Å². The van der Waals surface area contributed by atoms with Crippen molar-refractivity contribution in [2.75, 3.05) is 5.32 Å². The number of carbonyl (C=O) groups is 1. The van der Waals surface area contributed by atoms with E-state index in [1.165, 1.54) is 30.6 Å². The largest absolute Gasteiger partial charge is 0.473 e. The molecule has 1 aromatic heterocycles. The molecule has 0 spiro atoms. The van der Waals surface area contributed by atoms with Gasteiger partial charge in [0, 0.05) is 17.8 Å². The molecular formula is C19H15F2N3O3. The second-order valence-electron chi connectivity index (χ2n) is 5.38. The highest BCUT2D eigenvalue weighted by atomic mass is 19.3. The Labute approximate surface area is 153 Å². The molecule has 0 atom stereocenters. The normalized spacial score (nSPS) is 10.5. The summed E-state index contributed by atoms with van der Waals surface area (Å²) in [5.41, 5.74) is 1.33. The van der Waals surface area contributed by atoms with Gasteiger partial charge in [0.15, 0.2) is 0 Å². The number of rotatable bonds is 7. The Kier molecular flexibility index (Phi) is 5.88. The number of nitrogens with one attached hydrogen (secondary N) is 1. The van der Waals surface area contributed by atoms with Crippen molar-refractivity contribution in [3.05, 3.63) is 78.2 Å². The van der Waals surface area contributed by atoms with E-state index in [0.29, 0.717) is 12.3 Å². The molecule has 3 aromatic rings. The van der Waals surface area contributed by atoms with E-state index in [1.807, 2.05) is 30.3 Å². The quantitative estimate of drug-likeness (QED) is 0.682. The first kappa shape index (κ1) is 18.2. The van der Waals surface area contributed by atoms with Crippen LogP contribution in [0.5, 0.6) is 11.6 Å². The van der Waals surface area contributed by atoms with Crippen molar-refractivity contribution >= 4 is 11.6 Å². The lowest BCUT2D eigenvalue weighted by atomic mass is 10.2. The smallest absolute Gasteiger partial charge is 0.387 e. The van der Waals surface area contributed by atoms with E-state index >= 15 is 0 Å². The van der Waals surface area contributed by atoms with E-state index in [0.717, 1.165) is 5.56 Å². The zero-order valence-electron chi connectivity index (χ0n) is 14.0. The van der Waals surface area contributed by atoms with Crippen LogP contribution < -0.4 is 14.8 Å². The lowest BCUT2D eigenvalue weighted by Crippen LogP contribution is -2.14. The summed E-state index contributed by atoms with van der Waals surface area (Å²) < 4.78 is 34.4. The number of aromatic nitrogens is 2. The molecule has 138 valence electrons. The van der Waals surface area contributed by atoms with Gasteiger partial charge in [0.05, 0.1) is 0 Å². The number of hydrogen-bond donors (Lipinski definition) is 1.